The summed E-state index contributed by atoms with van der Waals surface area (Å²) in [6, 6.07) is 15.7. The summed E-state index contributed by atoms with van der Waals surface area (Å²) in [7, 11) is 0. The van der Waals surface area contributed by atoms with E-state index < -0.39 is 33.9 Å². The van der Waals surface area contributed by atoms with Gasteiger partial charge in [-0.2, -0.15) is 0 Å². The Bertz CT molecular complexity index is 2120. The lowest BCUT2D eigenvalue weighted by atomic mass is 9.98. The van der Waals surface area contributed by atoms with Crippen LogP contribution in [0.15, 0.2) is 91.2 Å². The molecule has 0 saturated heterocycles. The number of rotatable bonds is 3. The molecule has 0 fully saturated rings. The van der Waals surface area contributed by atoms with E-state index >= 15 is 0 Å². The summed E-state index contributed by atoms with van der Waals surface area (Å²) in [6.07, 6.45) is 0. The number of hydrogen-bond acceptors (Lipinski definition) is 10. The summed E-state index contributed by atoms with van der Waals surface area (Å²) >= 11 is 0. The molecule has 0 aliphatic heterocycles. The summed E-state index contributed by atoms with van der Waals surface area (Å²) in [4.78, 5) is 25.8. The molecule has 6 N–H and O–H groups in total. The fraction of sp³-hybridized carbons (Fsp3) is 0. The Kier molecular flexibility index (Phi) is 5.40. The zero-order valence-corrected chi connectivity index (χ0v) is 20.2. The van der Waals surface area contributed by atoms with Crippen LogP contribution in [-0.4, -0.2) is 30.6 Å². The maximum Gasteiger partial charge on any atom is 0.197 e. The number of aromatic hydroxyl groups is 6. The third-order valence-electron chi connectivity index (χ3n) is 6.45. The summed E-state index contributed by atoms with van der Waals surface area (Å²) < 4.78 is 11.8. The molecule has 2 aromatic heterocycles. The summed E-state index contributed by atoms with van der Waals surface area (Å²) in [6.45, 7) is 0. The number of fused-ring (bicyclic) bond motifs is 2. The zero-order valence-electron chi connectivity index (χ0n) is 20.2. The standard InChI is InChI=1S/C30H18O10/c31-16-8-19(34)28-22(37)11-24(39-26(28)9-16)13-2-1-3-15(6-13)27-20(35)10-21(36)29-23(38)12-25(40-30(27)29)14-4-5-17(32)18(33)7-14/h1-12,31-36H. The van der Waals surface area contributed by atoms with Crippen LogP contribution in [0.2, 0.25) is 0 Å². The van der Waals surface area contributed by atoms with E-state index in [1.807, 2.05) is 0 Å². The van der Waals surface area contributed by atoms with Crippen molar-refractivity contribution < 1.29 is 39.5 Å². The molecule has 40 heavy (non-hydrogen) atoms. The molecular formula is C30H18O10. The molecule has 198 valence electrons. The van der Waals surface area contributed by atoms with Gasteiger partial charge in [-0.3, -0.25) is 9.59 Å². The normalized spacial score (nSPS) is 11.3. The summed E-state index contributed by atoms with van der Waals surface area (Å²) in [5.41, 5.74) is -0.368. The average Bonchev–Trinajstić information content (AvgIpc) is 2.89. The van der Waals surface area contributed by atoms with E-state index in [-0.39, 0.29) is 56.1 Å². The molecule has 6 aromatic rings. The van der Waals surface area contributed by atoms with Crippen molar-refractivity contribution in [2.45, 2.75) is 0 Å². The van der Waals surface area contributed by atoms with Gasteiger partial charge in [-0.05, 0) is 29.8 Å². The van der Waals surface area contributed by atoms with Crippen LogP contribution in [0.5, 0.6) is 34.5 Å². The van der Waals surface area contributed by atoms with Gasteiger partial charge in [0.25, 0.3) is 0 Å². The first-order valence-electron chi connectivity index (χ1n) is 11.8. The highest BCUT2D eigenvalue weighted by Crippen LogP contribution is 2.43. The van der Waals surface area contributed by atoms with Crippen molar-refractivity contribution in [1.82, 2.24) is 0 Å². The highest BCUT2D eigenvalue weighted by molar-refractivity contribution is 6.00. The van der Waals surface area contributed by atoms with Crippen molar-refractivity contribution in [3.63, 3.8) is 0 Å². The van der Waals surface area contributed by atoms with Crippen LogP contribution in [0, 0.1) is 0 Å². The monoisotopic (exact) mass is 538 g/mol. The minimum atomic E-state index is -0.626. The minimum Gasteiger partial charge on any atom is -0.508 e. The topological polar surface area (TPSA) is 182 Å². The maximum absolute atomic E-state index is 13.0. The van der Waals surface area contributed by atoms with Crippen molar-refractivity contribution in [1.29, 1.82) is 0 Å². The second-order valence-corrected chi connectivity index (χ2v) is 9.07. The molecule has 6 rings (SSSR count). The van der Waals surface area contributed by atoms with E-state index in [0.717, 1.165) is 18.2 Å². The number of hydrogen-bond donors (Lipinski definition) is 6. The molecule has 2 heterocycles. The van der Waals surface area contributed by atoms with Crippen molar-refractivity contribution in [2.24, 2.45) is 0 Å². The van der Waals surface area contributed by atoms with Gasteiger partial charge in [0, 0.05) is 41.5 Å². The largest absolute Gasteiger partial charge is 0.508 e. The van der Waals surface area contributed by atoms with Crippen molar-refractivity contribution in [3.05, 3.63) is 93.2 Å². The summed E-state index contributed by atoms with van der Waals surface area (Å²) in [5.74, 6) is -2.38. The van der Waals surface area contributed by atoms with Crippen molar-refractivity contribution in [3.8, 4) is 68.3 Å². The van der Waals surface area contributed by atoms with E-state index in [4.69, 9.17) is 8.83 Å². The molecule has 0 aliphatic rings. The van der Waals surface area contributed by atoms with Crippen molar-refractivity contribution in [2.75, 3.05) is 0 Å². The first-order chi connectivity index (χ1) is 19.1. The van der Waals surface area contributed by atoms with Crippen LogP contribution in [0.1, 0.15) is 0 Å². The van der Waals surface area contributed by atoms with E-state index in [1.54, 1.807) is 24.3 Å². The maximum atomic E-state index is 13.0. The van der Waals surface area contributed by atoms with E-state index in [9.17, 15) is 40.2 Å². The molecule has 0 unspecified atom stereocenters. The average molecular weight is 538 g/mol. The van der Waals surface area contributed by atoms with Gasteiger partial charge in [-0.1, -0.05) is 18.2 Å². The van der Waals surface area contributed by atoms with Crippen LogP contribution in [0.25, 0.3) is 55.7 Å². The van der Waals surface area contributed by atoms with Gasteiger partial charge < -0.3 is 39.5 Å². The Morgan fingerprint density at radius 2 is 1.15 bits per heavy atom. The minimum absolute atomic E-state index is 0.00431. The lowest BCUT2D eigenvalue weighted by Crippen LogP contribution is -2.02. The predicted molar refractivity (Wildman–Crippen MR) is 145 cm³/mol. The first-order valence-corrected chi connectivity index (χ1v) is 11.8. The smallest absolute Gasteiger partial charge is 0.197 e. The Balaban J connectivity index is 1.58. The second-order valence-electron chi connectivity index (χ2n) is 9.07. The fourth-order valence-corrected chi connectivity index (χ4v) is 4.62. The third-order valence-corrected chi connectivity index (χ3v) is 6.45. The predicted octanol–water partition coefficient (Wildman–Crippen LogP) is 5.13. The molecule has 10 heteroatoms. The highest BCUT2D eigenvalue weighted by Gasteiger charge is 2.21. The molecule has 0 atom stereocenters. The molecule has 0 aliphatic carbocycles. The number of phenolic OH excluding ortho intramolecular Hbond substituents is 6. The Hall–Kier alpha value is -5.90. The van der Waals surface area contributed by atoms with Gasteiger partial charge in [0.2, 0.25) is 0 Å². The second kappa shape index (κ2) is 8.84. The Morgan fingerprint density at radius 3 is 1.90 bits per heavy atom. The lowest BCUT2D eigenvalue weighted by Gasteiger charge is -2.13. The van der Waals surface area contributed by atoms with Crippen LogP contribution < -0.4 is 10.9 Å². The van der Waals surface area contributed by atoms with E-state index in [2.05, 4.69) is 0 Å². The fourth-order valence-electron chi connectivity index (χ4n) is 4.62. The molecule has 0 radical (unpaired) electrons. The molecule has 0 saturated carbocycles. The van der Waals surface area contributed by atoms with Crippen molar-refractivity contribution >= 4 is 21.9 Å². The molecule has 0 amide bonds. The third kappa shape index (κ3) is 3.91. The molecule has 4 aromatic carbocycles. The Labute approximate surface area is 223 Å². The first kappa shape index (κ1) is 24.4. The van der Waals surface area contributed by atoms with Gasteiger partial charge in [0.05, 0.1) is 5.56 Å². The SMILES string of the molecule is O=c1cc(-c2cccc(-c3c(O)cc(O)c4c(=O)cc(-c5ccc(O)c(O)c5)oc34)c2)oc2cc(O)cc(O)c12. The Morgan fingerprint density at radius 1 is 0.500 bits per heavy atom. The van der Waals surface area contributed by atoms with Gasteiger partial charge in [0.1, 0.15) is 50.9 Å². The molecule has 0 bridgehead atoms. The van der Waals surface area contributed by atoms with Gasteiger partial charge in [0.15, 0.2) is 27.9 Å². The van der Waals surface area contributed by atoms with Crippen LogP contribution in [-0.2, 0) is 0 Å². The number of benzene rings is 4. The molecular weight excluding hydrogens is 520 g/mol. The molecule has 0 spiro atoms. The van der Waals surface area contributed by atoms with Gasteiger partial charge in [-0.15, -0.1) is 0 Å². The van der Waals surface area contributed by atoms with E-state index in [1.165, 1.54) is 30.3 Å². The van der Waals surface area contributed by atoms with Gasteiger partial charge in [-0.25, -0.2) is 0 Å². The number of phenols is 6. The zero-order chi connectivity index (χ0) is 28.3. The summed E-state index contributed by atoms with van der Waals surface area (Å²) in [5, 5.41) is 60.5. The van der Waals surface area contributed by atoms with Crippen LogP contribution >= 0.6 is 0 Å². The lowest BCUT2D eigenvalue weighted by molar-refractivity contribution is 0.404. The molecule has 10 nitrogen and oxygen atoms in total. The highest BCUT2D eigenvalue weighted by atomic mass is 16.3. The van der Waals surface area contributed by atoms with Crippen LogP contribution in [0.3, 0.4) is 0 Å². The van der Waals surface area contributed by atoms with Crippen LogP contribution in [0.4, 0.5) is 0 Å². The van der Waals surface area contributed by atoms with Gasteiger partial charge >= 0.3 is 0 Å². The quantitative estimate of drug-likeness (QED) is 0.165. The van der Waals surface area contributed by atoms with E-state index in [0.29, 0.717) is 11.1 Å².